The summed E-state index contributed by atoms with van der Waals surface area (Å²) in [6, 6.07) is 0. The number of hydrogen-bond acceptors (Lipinski definition) is 3. The van der Waals surface area contributed by atoms with E-state index in [2.05, 4.69) is 5.32 Å². The number of aliphatic hydroxyl groups excluding tert-OH is 1. The molecule has 4 heteroatoms. The zero-order valence-corrected chi connectivity index (χ0v) is 10.2. The molecule has 3 N–H and O–H groups in total. The average Bonchev–Trinajstić information content (AvgIpc) is 2.66. The Kier molecular flexibility index (Phi) is 4.74. The third kappa shape index (κ3) is 3.46. The SMILES string of the molecule is CC(C)C(O)CCNC(=O)C1(O)CCCC1. The predicted molar refractivity (Wildman–Crippen MR) is 61.9 cm³/mol. The summed E-state index contributed by atoms with van der Waals surface area (Å²) in [5, 5.41) is 22.2. The van der Waals surface area contributed by atoms with Crippen molar-refractivity contribution in [2.45, 2.75) is 57.7 Å². The molecule has 1 amide bonds. The number of nitrogens with one attached hydrogen (secondary N) is 1. The van der Waals surface area contributed by atoms with E-state index in [1.807, 2.05) is 13.8 Å². The van der Waals surface area contributed by atoms with Crippen molar-refractivity contribution in [3.05, 3.63) is 0 Å². The van der Waals surface area contributed by atoms with Gasteiger partial charge in [0, 0.05) is 6.54 Å². The smallest absolute Gasteiger partial charge is 0.251 e. The van der Waals surface area contributed by atoms with E-state index in [0.717, 1.165) is 12.8 Å². The van der Waals surface area contributed by atoms with E-state index >= 15 is 0 Å². The third-order valence-corrected chi connectivity index (χ3v) is 3.35. The van der Waals surface area contributed by atoms with Crippen molar-refractivity contribution in [1.82, 2.24) is 5.32 Å². The maximum absolute atomic E-state index is 11.7. The molecule has 0 aromatic rings. The van der Waals surface area contributed by atoms with E-state index in [1.54, 1.807) is 0 Å². The van der Waals surface area contributed by atoms with E-state index in [4.69, 9.17) is 0 Å². The Morgan fingerprint density at radius 1 is 1.38 bits per heavy atom. The second kappa shape index (κ2) is 5.64. The van der Waals surface area contributed by atoms with Crippen LogP contribution in [-0.4, -0.2) is 34.4 Å². The van der Waals surface area contributed by atoms with Gasteiger partial charge >= 0.3 is 0 Å². The van der Waals surface area contributed by atoms with Gasteiger partial charge in [0.05, 0.1) is 6.10 Å². The van der Waals surface area contributed by atoms with Crippen LogP contribution in [0.3, 0.4) is 0 Å². The molecule has 0 saturated heterocycles. The van der Waals surface area contributed by atoms with Crippen molar-refractivity contribution in [2.24, 2.45) is 5.92 Å². The van der Waals surface area contributed by atoms with E-state index in [0.29, 0.717) is 25.8 Å². The van der Waals surface area contributed by atoms with Crippen molar-refractivity contribution < 1.29 is 15.0 Å². The van der Waals surface area contributed by atoms with Crippen LogP contribution in [0.25, 0.3) is 0 Å². The number of carbonyl (C=O) groups is 1. The van der Waals surface area contributed by atoms with Crippen LogP contribution in [-0.2, 0) is 4.79 Å². The Hall–Kier alpha value is -0.610. The summed E-state index contributed by atoms with van der Waals surface area (Å²) in [4.78, 5) is 11.7. The van der Waals surface area contributed by atoms with Gasteiger partial charge in [-0.15, -0.1) is 0 Å². The van der Waals surface area contributed by atoms with E-state index in [1.165, 1.54) is 0 Å². The molecule has 16 heavy (non-hydrogen) atoms. The minimum absolute atomic E-state index is 0.200. The maximum atomic E-state index is 11.7. The molecule has 0 aliphatic heterocycles. The van der Waals surface area contributed by atoms with E-state index in [-0.39, 0.29) is 11.8 Å². The zero-order chi connectivity index (χ0) is 12.2. The first-order valence-electron chi connectivity index (χ1n) is 6.14. The summed E-state index contributed by atoms with van der Waals surface area (Å²) in [6.45, 7) is 4.31. The molecular formula is C12H23NO3. The first kappa shape index (κ1) is 13.5. The average molecular weight is 229 g/mol. The molecule has 0 heterocycles. The summed E-state index contributed by atoms with van der Waals surface area (Å²) in [5.74, 6) is -0.0765. The number of aliphatic hydroxyl groups is 2. The Balaban J connectivity index is 2.25. The largest absolute Gasteiger partial charge is 0.393 e. The Bertz CT molecular complexity index is 234. The lowest BCUT2D eigenvalue weighted by Gasteiger charge is -2.22. The highest BCUT2D eigenvalue weighted by atomic mass is 16.3. The Morgan fingerprint density at radius 2 is 1.94 bits per heavy atom. The summed E-state index contributed by atoms with van der Waals surface area (Å²) in [6.07, 6.45) is 3.10. The molecule has 1 fully saturated rings. The number of carbonyl (C=O) groups excluding carboxylic acids is 1. The Morgan fingerprint density at radius 3 is 2.44 bits per heavy atom. The van der Waals surface area contributed by atoms with Crippen LogP contribution in [0.4, 0.5) is 0 Å². The molecule has 1 atom stereocenters. The van der Waals surface area contributed by atoms with Gasteiger partial charge in [0.2, 0.25) is 0 Å². The molecule has 0 aromatic heterocycles. The van der Waals surface area contributed by atoms with Gasteiger partial charge in [-0.05, 0) is 38.0 Å². The monoisotopic (exact) mass is 229 g/mol. The first-order chi connectivity index (χ1) is 7.46. The number of amides is 1. The lowest BCUT2D eigenvalue weighted by atomic mass is 10.0. The number of hydrogen-bond donors (Lipinski definition) is 3. The molecule has 0 bridgehead atoms. The lowest BCUT2D eigenvalue weighted by Crippen LogP contribution is -2.45. The quantitative estimate of drug-likeness (QED) is 0.653. The zero-order valence-electron chi connectivity index (χ0n) is 10.2. The maximum Gasteiger partial charge on any atom is 0.251 e. The fraction of sp³-hybridized carbons (Fsp3) is 0.917. The summed E-state index contributed by atoms with van der Waals surface area (Å²) in [5.41, 5.74) is -1.15. The topological polar surface area (TPSA) is 69.6 Å². The van der Waals surface area contributed by atoms with Gasteiger partial charge in [-0.1, -0.05) is 13.8 Å². The molecule has 4 nitrogen and oxygen atoms in total. The van der Waals surface area contributed by atoms with Crippen LogP contribution in [0, 0.1) is 5.92 Å². The predicted octanol–water partition coefficient (Wildman–Crippen LogP) is 0.815. The van der Waals surface area contributed by atoms with Crippen LogP contribution in [0.5, 0.6) is 0 Å². The van der Waals surface area contributed by atoms with Gasteiger partial charge in [-0.2, -0.15) is 0 Å². The summed E-state index contributed by atoms with van der Waals surface area (Å²) >= 11 is 0. The minimum Gasteiger partial charge on any atom is -0.393 e. The van der Waals surface area contributed by atoms with Crippen molar-refractivity contribution in [3.63, 3.8) is 0 Å². The second-order valence-electron chi connectivity index (χ2n) is 5.09. The van der Waals surface area contributed by atoms with E-state index in [9.17, 15) is 15.0 Å². The molecule has 0 spiro atoms. The van der Waals surface area contributed by atoms with Gasteiger partial charge in [0.1, 0.15) is 5.60 Å². The Labute approximate surface area is 97.0 Å². The second-order valence-corrected chi connectivity index (χ2v) is 5.09. The normalized spacial score (nSPS) is 21.1. The molecule has 1 aliphatic rings. The highest BCUT2D eigenvalue weighted by Crippen LogP contribution is 2.29. The molecule has 94 valence electrons. The van der Waals surface area contributed by atoms with Crippen LogP contribution < -0.4 is 5.32 Å². The standard InChI is InChI=1S/C12H23NO3/c1-9(2)10(14)5-8-13-11(15)12(16)6-3-4-7-12/h9-10,14,16H,3-8H2,1-2H3,(H,13,15). The first-order valence-corrected chi connectivity index (χ1v) is 6.14. The van der Waals surface area contributed by atoms with Crippen molar-refractivity contribution >= 4 is 5.91 Å². The van der Waals surface area contributed by atoms with Gasteiger partial charge < -0.3 is 15.5 Å². The molecule has 0 aromatic carbocycles. The van der Waals surface area contributed by atoms with Crippen LogP contribution in [0.15, 0.2) is 0 Å². The third-order valence-electron chi connectivity index (χ3n) is 3.35. The van der Waals surface area contributed by atoms with Gasteiger partial charge in [0.15, 0.2) is 0 Å². The molecule has 1 saturated carbocycles. The fourth-order valence-electron chi connectivity index (χ4n) is 2.02. The summed E-state index contributed by atoms with van der Waals surface area (Å²) < 4.78 is 0. The highest BCUT2D eigenvalue weighted by Gasteiger charge is 2.38. The lowest BCUT2D eigenvalue weighted by molar-refractivity contribution is -0.139. The van der Waals surface area contributed by atoms with Crippen LogP contribution in [0.1, 0.15) is 46.0 Å². The van der Waals surface area contributed by atoms with Gasteiger partial charge in [0.25, 0.3) is 5.91 Å². The molecule has 1 unspecified atom stereocenters. The highest BCUT2D eigenvalue weighted by molar-refractivity contribution is 5.85. The van der Waals surface area contributed by atoms with Crippen LogP contribution in [0.2, 0.25) is 0 Å². The van der Waals surface area contributed by atoms with Crippen molar-refractivity contribution in [2.75, 3.05) is 6.54 Å². The number of rotatable bonds is 5. The minimum atomic E-state index is -1.15. The van der Waals surface area contributed by atoms with Gasteiger partial charge in [-0.3, -0.25) is 4.79 Å². The molecule has 1 aliphatic carbocycles. The van der Waals surface area contributed by atoms with Crippen LogP contribution >= 0.6 is 0 Å². The van der Waals surface area contributed by atoms with Gasteiger partial charge in [-0.25, -0.2) is 0 Å². The molecule has 0 radical (unpaired) electrons. The summed E-state index contributed by atoms with van der Waals surface area (Å²) in [7, 11) is 0. The molecular weight excluding hydrogens is 206 g/mol. The molecule has 1 rings (SSSR count). The van der Waals surface area contributed by atoms with E-state index < -0.39 is 11.7 Å². The van der Waals surface area contributed by atoms with Crippen molar-refractivity contribution in [3.8, 4) is 0 Å². The van der Waals surface area contributed by atoms with Crippen molar-refractivity contribution in [1.29, 1.82) is 0 Å². The fourth-order valence-corrected chi connectivity index (χ4v) is 2.02.